The SMILES string of the molecule is CCOc1ccc(C(=O)N[C@H](C(=O)Oc2ccc(C(=O)CC)cc2)C(C)C)cc1. The first-order valence-corrected chi connectivity index (χ1v) is 9.74. The highest BCUT2D eigenvalue weighted by Crippen LogP contribution is 2.17. The monoisotopic (exact) mass is 397 g/mol. The predicted octanol–water partition coefficient (Wildman–Crippen LogP) is 4.04. The van der Waals surface area contributed by atoms with Crippen LogP contribution in [0.15, 0.2) is 48.5 Å². The van der Waals surface area contributed by atoms with Crippen LogP contribution in [0.2, 0.25) is 0 Å². The molecule has 6 nitrogen and oxygen atoms in total. The van der Waals surface area contributed by atoms with Gasteiger partial charge in [0.25, 0.3) is 5.91 Å². The molecule has 0 aliphatic carbocycles. The molecule has 0 spiro atoms. The summed E-state index contributed by atoms with van der Waals surface area (Å²) in [4.78, 5) is 36.8. The third-order valence-corrected chi connectivity index (χ3v) is 4.35. The second-order valence-corrected chi connectivity index (χ2v) is 6.87. The van der Waals surface area contributed by atoms with Gasteiger partial charge in [0.05, 0.1) is 6.61 Å². The first kappa shape index (κ1) is 22.1. The minimum absolute atomic E-state index is 0.0190. The summed E-state index contributed by atoms with van der Waals surface area (Å²) in [5.41, 5.74) is 0.992. The van der Waals surface area contributed by atoms with E-state index in [2.05, 4.69) is 5.32 Å². The third-order valence-electron chi connectivity index (χ3n) is 4.35. The zero-order valence-corrected chi connectivity index (χ0v) is 17.2. The normalized spacial score (nSPS) is 11.6. The Morgan fingerprint density at radius 1 is 0.862 bits per heavy atom. The average Bonchev–Trinajstić information content (AvgIpc) is 2.72. The van der Waals surface area contributed by atoms with Crippen molar-refractivity contribution in [2.45, 2.75) is 40.2 Å². The maximum absolute atomic E-state index is 12.6. The maximum Gasteiger partial charge on any atom is 0.334 e. The maximum atomic E-state index is 12.6. The Kier molecular flexibility index (Phi) is 7.95. The molecule has 0 fully saturated rings. The lowest BCUT2D eigenvalue weighted by atomic mass is 10.0. The molecule has 0 unspecified atom stereocenters. The summed E-state index contributed by atoms with van der Waals surface area (Å²) in [5.74, 6) is -0.0837. The van der Waals surface area contributed by atoms with Crippen LogP contribution < -0.4 is 14.8 Å². The number of ether oxygens (including phenoxy) is 2. The predicted molar refractivity (Wildman–Crippen MR) is 110 cm³/mol. The van der Waals surface area contributed by atoms with Crippen molar-refractivity contribution in [2.75, 3.05) is 6.61 Å². The van der Waals surface area contributed by atoms with E-state index in [4.69, 9.17) is 9.47 Å². The van der Waals surface area contributed by atoms with Gasteiger partial charge in [-0.1, -0.05) is 20.8 Å². The van der Waals surface area contributed by atoms with Crippen molar-refractivity contribution < 1.29 is 23.9 Å². The Balaban J connectivity index is 2.05. The number of Topliss-reactive ketones (excluding diaryl/α,β-unsaturated/α-hetero) is 1. The molecule has 6 heteroatoms. The molecule has 1 amide bonds. The lowest BCUT2D eigenvalue weighted by Gasteiger charge is -2.21. The Bertz CT molecular complexity index is 841. The zero-order valence-electron chi connectivity index (χ0n) is 17.2. The Morgan fingerprint density at radius 2 is 1.41 bits per heavy atom. The first-order chi connectivity index (χ1) is 13.8. The van der Waals surface area contributed by atoms with Crippen LogP contribution in [0.4, 0.5) is 0 Å². The molecular weight excluding hydrogens is 370 g/mol. The van der Waals surface area contributed by atoms with Crippen molar-refractivity contribution in [3.63, 3.8) is 0 Å². The molecule has 0 radical (unpaired) electrons. The van der Waals surface area contributed by atoms with E-state index in [9.17, 15) is 14.4 Å². The van der Waals surface area contributed by atoms with Crippen LogP contribution in [0.25, 0.3) is 0 Å². The van der Waals surface area contributed by atoms with E-state index in [1.807, 2.05) is 20.8 Å². The lowest BCUT2D eigenvalue weighted by molar-refractivity contribution is -0.137. The number of hydrogen-bond donors (Lipinski definition) is 1. The summed E-state index contributed by atoms with van der Waals surface area (Å²) in [6.07, 6.45) is 0.409. The molecular formula is C23H27NO5. The van der Waals surface area contributed by atoms with Crippen molar-refractivity contribution in [1.82, 2.24) is 5.32 Å². The fraction of sp³-hybridized carbons (Fsp3) is 0.348. The molecule has 0 saturated carbocycles. The van der Waals surface area contributed by atoms with Gasteiger partial charge >= 0.3 is 5.97 Å². The quantitative estimate of drug-likeness (QED) is 0.392. The van der Waals surface area contributed by atoms with E-state index < -0.39 is 12.0 Å². The van der Waals surface area contributed by atoms with E-state index in [1.165, 1.54) is 0 Å². The van der Waals surface area contributed by atoms with Crippen LogP contribution in [0.3, 0.4) is 0 Å². The highest BCUT2D eigenvalue weighted by molar-refractivity contribution is 5.97. The number of benzene rings is 2. The number of esters is 1. The summed E-state index contributed by atoms with van der Waals surface area (Å²) >= 11 is 0. The molecule has 0 bridgehead atoms. The van der Waals surface area contributed by atoms with Gasteiger partial charge in [0.2, 0.25) is 0 Å². The molecule has 1 N–H and O–H groups in total. The van der Waals surface area contributed by atoms with E-state index >= 15 is 0 Å². The molecule has 2 rings (SSSR count). The Hall–Kier alpha value is -3.15. The Morgan fingerprint density at radius 3 is 1.93 bits per heavy atom. The fourth-order valence-corrected chi connectivity index (χ4v) is 2.68. The average molecular weight is 397 g/mol. The smallest absolute Gasteiger partial charge is 0.334 e. The van der Waals surface area contributed by atoms with Gasteiger partial charge in [0.15, 0.2) is 5.78 Å². The van der Waals surface area contributed by atoms with Crippen LogP contribution in [0.1, 0.15) is 54.8 Å². The van der Waals surface area contributed by atoms with Gasteiger partial charge in [-0.3, -0.25) is 9.59 Å². The summed E-state index contributed by atoms with van der Waals surface area (Å²) in [5, 5.41) is 2.73. The summed E-state index contributed by atoms with van der Waals surface area (Å²) < 4.78 is 10.8. The van der Waals surface area contributed by atoms with Gasteiger partial charge in [-0.25, -0.2) is 4.79 Å². The number of hydrogen-bond acceptors (Lipinski definition) is 5. The fourth-order valence-electron chi connectivity index (χ4n) is 2.68. The molecule has 29 heavy (non-hydrogen) atoms. The number of rotatable bonds is 9. The molecule has 154 valence electrons. The molecule has 2 aromatic carbocycles. The van der Waals surface area contributed by atoms with Crippen LogP contribution in [-0.4, -0.2) is 30.3 Å². The largest absolute Gasteiger partial charge is 0.494 e. The van der Waals surface area contributed by atoms with Crippen molar-refractivity contribution in [2.24, 2.45) is 5.92 Å². The second-order valence-electron chi connectivity index (χ2n) is 6.87. The number of carbonyl (C=O) groups excluding carboxylic acids is 3. The molecule has 0 aliphatic heterocycles. The standard InChI is InChI=1S/C23H27NO5/c1-5-20(25)16-7-13-19(14-8-16)29-23(27)21(15(3)4)24-22(26)17-9-11-18(12-10-17)28-6-2/h7-15,21H,5-6H2,1-4H3,(H,24,26)/t21-/m0/s1. The molecule has 1 atom stereocenters. The third kappa shape index (κ3) is 6.17. The molecule has 0 saturated heterocycles. The van der Waals surface area contributed by atoms with Gasteiger partial charge in [-0.15, -0.1) is 0 Å². The summed E-state index contributed by atoms with van der Waals surface area (Å²) in [6, 6.07) is 12.3. The van der Waals surface area contributed by atoms with E-state index in [0.29, 0.717) is 35.7 Å². The van der Waals surface area contributed by atoms with Crippen molar-refractivity contribution in [1.29, 1.82) is 0 Å². The summed E-state index contributed by atoms with van der Waals surface area (Å²) in [6.45, 7) is 7.87. The molecule has 2 aromatic rings. The number of amides is 1. The Labute approximate surface area is 171 Å². The van der Waals surface area contributed by atoms with Gasteiger partial charge in [-0.2, -0.15) is 0 Å². The van der Waals surface area contributed by atoms with Gasteiger partial charge in [0.1, 0.15) is 17.5 Å². The highest BCUT2D eigenvalue weighted by Gasteiger charge is 2.26. The van der Waals surface area contributed by atoms with E-state index in [-0.39, 0.29) is 17.6 Å². The van der Waals surface area contributed by atoms with Gasteiger partial charge < -0.3 is 14.8 Å². The first-order valence-electron chi connectivity index (χ1n) is 9.74. The van der Waals surface area contributed by atoms with Crippen molar-refractivity contribution in [3.8, 4) is 11.5 Å². The number of carbonyl (C=O) groups is 3. The highest BCUT2D eigenvalue weighted by atomic mass is 16.5. The minimum Gasteiger partial charge on any atom is -0.494 e. The van der Waals surface area contributed by atoms with Crippen LogP contribution in [0.5, 0.6) is 11.5 Å². The second kappa shape index (κ2) is 10.4. The lowest BCUT2D eigenvalue weighted by Crippen LogP contribution is -2.46. The minimum atomic E-state index is -0.814. The topological polar surface area (TPSA) is 81.7 Å². The van der Waals surface area contributed by atoms with E-state index in [1.54, 1.807) is 55.5 Å². The van der Waals surface area contributed by atoms with Crippen LogP contribution in [-0.2, 0) is 4.79 Å². The molecule has 0 heterocycles. The summed E-state index contributed by atoms with van der Waals surface area (Å²) in [7, 11) is 0. The van der Waals surface area contributed by atoms with Crippen molar-refractivity contribution >= 4 is 17.7 Å². The van der Waals surface area contributed by atoms with E-state index in [0.717, 1.165) is 0 Å². The molecule has 0 aliphatic rings. The van der Waals surface area contributed by atoms with Crippen LogP contribution >= 0.6 is 0 Å². The van der Waals surface area contributed by atoms with Gasteiger partial charge in [0, 0.05) is 17.5 Å². The zero-order chi connectivity index (χ0) is 21.4. The van der Waals surface area contributed by atoms with Gasteiger partial charge in [-0.05, 0) is 61.4 Å². The molecule has 0 aromatic heterocycles. The number of nitrogens with one attached hydrogen (secondary N) is 1. The number of ketones is 1. The van der Waals surface area contributed by atoms with Crippen LogP contribution in [0, 0.1) is 5.92 Å². The van der Waals surface area contributed by atoms with Crippen molar-refractivity contribution in [3.05, 3.63) is 59.7 Å².